The number of aromatic nitrogens is 4. The second kappa shape index (κ2) is 13.8. The van der Waals surface area contributed by atoms with Crippen LogP contribution in [-0.2, 0) is 5.41 Å². The van der Waals surface area contributed by atoms with Crippen molar-refractivity contribution in [2.45, 2.75) is 5.41 Å². The number of hydrogen-bond donors (Lipinski definition) is 0. The molecule has 0 saturated heterocycles. The molecule has 0 unspecified atom stereocenters. The summed E-state index contributed by atoms with van der Waals surface area (Å²) >= 11 is 1.78. The second-order valence-electron chi connectivity index (χ2n) is 16.8. The summed E-state index contributed by atoms with van der Waals surface area (Å²) in [6.45, 7) is 0. The van der Waals surface area contributed by atoms with Crippen LogP contribution in [0.5, 0.6) is 11.5 Å². The Hall–Kier alpha value is -8.32. The van der Waals surface area contributed by atoms with E-state index in [-0.39, 0.29) is 0 Å². The van der Waals surface area contributed by atoms with Crippen LogP contribution < -0.4 is 4.74 Å². The fourth-order valence-corrected chi connectivity index (χ4v) is 11.8. The molecular weight excluding hydrogens is 813 g/mol. The van der Waals surface area contributed by atoms with Gasteiger partial charge in [0.2, 0.25) is 0 Å². The number of pyridine rings is 1. The van der Waals surface area contributed by atoms with Crippen LogP contribution >= 0.6 is 11.3 Å². The molecule has 2 aliphatic rings. The molecule has 5 nitrogen and oxygen atoms in total. The number of para-hydroxylation sites is 3. The molecule has 0 saturated carbocycles. The molecule has 6 heteroatoms. The molecule has 4 heterocycles. The molecule has 1 aliphatic heterocycles. The lowest BCUT2D eigenvalue weighted by Crippen LogP contribution is -2.32. The van der Waals surface area contributed by atoms with Crippen LogP contribution in [0.1, 0.15) is 22.3 Å². The molecule has 0 radical (unpaired) electrons. The highest BCUT2D eigenvalue weighted by molar-refractivity contribution is 7.26. The Kier molecular flexibility index (Phi) is 7.71. The van der Waals surface area contributed by atoms with Gasteiger partial charge in [-0.15, -0.1) is 11.3 Å². The summed E-state index contributed by atoms with van der Waals surface area (Å²) in [5.74, 6) is 3.63. The Morgan fingerprint density at radius 3 is 1.78 bits per heavy atom. The van der Waals surface area contributed by atoms with Crippen LogP contribution in [0.2, 0.25) is 0 Å². The lowest BCUT2D eigenvalue weighted by atomic mass is 9.66. The van der Waals surface area contributed by atoms with Crippen molar-refractivity contribution in [2.24, 2.45) is 0 Å². The van der Waals surface area contributed by atoms with E-state index in [1.54, 1.807) is 11.3 Å². The summed E-state index contributed by atoms with van der Waals surface area (Å²) in [5, 5.41) is 5.77. The van der Waals surface area contributed by atoms with Crippen molar-refractivity contribution in [1.29, 1.82) is 0 Å². The van der Waals surface area contributed by atoms with E-state index in [0.717, 1.165) is 76.9 Å². The number of fused-ring (bicyclic) bond motifs is 15. The molecule has 3 aromatic heterocycles. The predicted molar refractivity (Wildman–Crippen MR) is 265 cm³/mol. The first kappa shape index (κ1) is 36.2. The van der Waals surface area contributed by atoms with E-state index >= 15 is 0 Å². The van der Waals surface area contributed by atoms with Crippen molar-refractivity contribution in [3.05, 3.63) is 229 Å². The van der Waals surface area contributed by atoms with Crippen LogP contribution in [0.3, 0.4) is 0 Å². The van der Waals surface area contributed by atoms with E-state index in [2.05, 4.69) is 188 Å². The highest BCUT2D eigenvalue weighted by Gasteiger charge is 2.51. The molecular formula is C59H34N4OS. The van der Waals surface area contributed by atoms with E-state index in [0.29, 0.717) is 17.5 Å². The van der Waals surface area contributed by atoms with Gasteiger partial charge in [0.15, 0.2) is 17.5 Å². The minimum atomic E-state index is -0.580. The molecule has 302 valence electrons. The standard InChI is InChI=1S/C59H34N4OS/c1-2-16-35(17-3-1)56-61-57(63-58(62-56)42-24-15-23-41-40-22-6-13-31-53(40)65-55(41)42)37-19-14-18-36(32-37)54-45-33-44-38-20-4-7-25-46(38)59(49(44)34-43(45)39-21-5-10-28-50(39)60-54)47-26-8-11-29-51(47)64-52-30-12-9-27-48(52)59/h1-34H. The summed E-state index contributed by atoms with van der Waals surface area (Å²) in [4.78, 5) is 21.1. The average molecular weight is 847 g/mol. The average Bonchev–Trinajstić information content (AvgIpc) is 3.89. The SMILES string of the molecule is c1ccc(-c2nc(-c3cccc(-c4nc5ccccc5c5cc6c(cc45)-c4ccccc4C64c5ccccc5Oc5ccccc54)c3)nc(-c3cccc4c3sc3ccccc34)n2)cc1. The Morgan fingerprint density at radius 1 is 0.354 bits per heavy atom. The van der Waals surface area contributed by atoms with E-state index in [1.807, 2.05) is 18.2 Å². The third-order valence-electron chi connectivity index (χ3n) is 13.4. The van der Waals surface area contributed by atoms with Crippen LogP contribution in [0.15, 0.2) is 206 Å². The van der Waals surface area contributed by atoms with Gasteiger partial charge in [0.25, 0.3) is 0 Å². The van der Waals surface area contributed by atoms with Gasteiger partial charge in [0, 0.05) is 64.3 Å². The van der Waals surface area contributed by atoms with E-state index in [4.69, 9.17) is 24.7 Å². The van der Waals surface area contributed by atoms with Crippen molar-refractivity contribution in [3.63, 3.8) is 0 Å². The Balaban J connectivity index is 1.00. The van der Waals surface area contributed by atoms with Crippen molar-refractivity contribution < 1.29 is 4.74 Å². The number of hydrogen-bond acceptors (Lipinski definition) is 6. The van der Waals surface area contributed by atoms with E-state index in [9.17, 15) is 0 Å². The van der Waals surface area contributed by atoms with Crippen LogP contribution in [0, 0.1) is 0 Å². The van der Waals surface area contributed by atoms with Crippen LogP contribution in [-0.4, -0.2) is 19.9 Å². The first-order valence-electron chi connectivity index (χ1n) is 21.9. The van der Waals surface area contributed by atoms with Crippen molar-refractivity contribution in [1.82, 2.24) is 19.9 Å². The summed E-state index contributed by atoms with van der Waals surface area (Å²) < 4.78 is 9.05. The lowest BCUT2D eigenvalue weighted by Gasteiger charge is -2.39. The van der Waals surface area contributed by atoms with Crippen molar-refractivity contribution in [3.8, 4) is 68.0 Å². The van der Waals surface area contributed by atoms with E-state index in [1.165, 1.54) is 37.7 Å². The first-order valence-corrected chi connectivity index (χ1v) is 22.7. The molecule has 0 fully saturated rings. The third-order valence-corrected chi connectivity index (χ3v) is 14.6. The summed E-state index contributed by atoms with van der Waals surface area (Å²) in [6, 6.07) is 73.0. The van der Waals surface area contributed by atoms with Gasteiger partial charge in [-0.3, -0.25) is 0 Å². The van der Waals surface area contributed by atoms with Gasteiger partial charge in [-0.1, -0.05) is 158 Å². The molecule has 0 atom stereocenters. The first-order chi connectivity index (χ1) is 32.2. The highest BCUT2D eigenvalue weighted by Crippen LogP contribution is 2.62. The van der Waals surface area contributed by atoms with Crippen LogP contribution in [0.25, 0.3) is 98.4 Å². The monoisotopic (exact) mass is 846 g/mol. The fraction of sp³-hybridized carbons (Fsp3) is 0.0169. The maximum absolute atomic E-state index is 6.65. The zero-order chi connectivity index (χ0) is 42.6. The van der Waals surface area contributed by atoms with Gasteiger partial charge in [-0.2, -0.15) is 0 Å². The normalized spacial score (nSPS) is 13.2. The maximum atomic E-state index is 6.65. The fourth-order valence-electron chi connectivity index (χ4n) is 10.6. The Morgan fingerprint density at radius 2 is 0.954 bits per heavy atom. The van der Waals surface area contributed by atoms with Gasteiger partial charge in [0.1, 0.15) is 11.5 Å². The topological polar surface area (TPSA) is 60.8 Å². The second-order valence-corrected chi connectivity index (χ2v) is 17.9. The Labute approximate surface area is 378 Å². The third kappa shape index (κ3) is 5.26. The molecule has 9 aromatic carbocycles. The molecule has 0 amide bonds. The van der Waals surface area contributed by atoms with Gasteiger partial charge < -0.3 is 4.74 Å². The summed E-state index contributed by atoms with van der Waals surface area (Å²) in [7, 11) is 0. The number of benzene rings is 9. The molecule has 0 bridgehead atoms. The van der Waals surface area contributed by atoms with Gasteiger partial charge in [-0.05, 0) is 76.2 Å². The minimum absolute atomic E-state index is 0.580. The number of ether oxygens (including phenoxy) is 1. The van der Waals surface area contributed by atoms with Crippen LogP contribution in [0.4, 0.5) is 0 Å². The highest BCUT2D eigenvalue weighted by atomic mass is 32.1. The van der Waals surface area contributed by atoms with Gasteiger partial charge >= 0.3 is 0 Å². The molecule has 65 heavy (non-hydrogen) atoms. The van der Waals surface area contributed by atoms with Crippen molar-refractivity contribution >= 4 is 53.2 Å². The summed E-state index contributed by atoms with van der Waals surface area (Å²) in [5.41, 5.74) is 12.2. The smallest absolute Gasteiger partial charge is 0.165 e. The zero-order valence-corrected chi connectivity index (χ0v) is 35.6. The largest absolute Gasteiger partial charge is 0.457 e. The van der Waals surface area contributed by atoms with E-state index < -0.39 is 5.41 Å². The van der Waals surface area contributed by atoms with Gasteiger partial charge in [0.05, 0.1) is 16.6 Å². The molecule has 1 spiro atoms. The lowest BCUT2D eigenvalue weighted by molar-refractivity contribution is 0.436. The zero-order valence-electron chi connectivity index (χ0n) is 34.7. The molecule has 0 N–H and O–H groups in total. The van der Waals surface area contributed by atoms with Crippen molar-refractivity contribution in [2.75, 3.05) is 0 Å². The molecule has 14 rings (SSSR count). The predicted octanol–water partition coefficient (Wildman–Crippen LogP) is 15.1. The number of nitrogens with zero attached hydrogens (tertiary/aromatic N) is 4. The minimum Gasteiger partial charge on any atom is -0.457 e. The number of rotatable bonds is 4. The van der Waals surface area contributed by atoms with Gasteiger partial charge in [-0.25, -0.2) is 19.9 Å². The molecule has 1 aliphatic carbocycles. The number of thiophene rings is 1. The summed E-state index contributed by atoms with van der Waals surface area (Å²) in [6.07, 6.45) is 0. The maximum Gasteiger partial charge on any atom is 0.165 e. The molecule has 12 aromatic rings. The Bertz CT molecular complexity index is 3910. The quantitative estimate of drug-likeness (QED) is 0.165.